The molecule has 0 spiro atoms. The monoisotopic (exact) mass is 488 g/mol. The van der Waals surface area contributed by atoms with Crippen LogP contribution in [0.25, 0.3) is 0 Å². The number of carbonyl (C=O) groups is 6. The summed E-state index contributed by atoms with van der Waals surface area (Å²) in [5.74, 6) is -6.64. The minimum atomic E-state index is -1.80. The lowest BCUT2D eigenvalue weighted by molar-refractivity contribution is -0.147. The van der Waals surface area contributed by atoms with Crippen LogP contribution >= 0.6 is 0 Å². The molecule has 0 aliphatic heterocycles. The molecule has 14 heteroatoms. The standard InChI is InChI=1S/C20H36N6O8/c1-10(2)7-12(24-17(30)11(22)5-3-4-6-21)18(31)25-13(8-15(23)27)19(32)26-14(20(33)34)9-16(28)29/h10-14H,3-9,21-22H2,1-2H3,(H2,23,27)(H,24,30)(H,25,31)(H,26,32)(H,28,29)(H,33,34). The number of nitrogens with two attached hydrogens (primary N) is 3. The molecule has 4 amide bonds. The molecule has 4 unspecified atom stereocenters. The average molecular weight is 489 g/mol. The molecule has 194 valence electrons. The Morgan fingerprint density at radius 3 is 1.79 bits per heavy atom. The summed E-state index contributed by atoms with van der Waals surface area (Å²) in [5, 5.41) is 24.7. The van der Waals surface area contributed by atoms with Gasteiger partial charge in [0, 0.05) is 0 Å². The molecule has 0 aliphatic carbocycles. The van der Waals surface area contributed by atoms with Crippen molar-refractivity contribution in [3.8, 4) is 0 Å². The molecule has 0 aromatic heterocycles. The summed E-state index contributed by atoms with van der Waals surface area (Å²) in [4.78, 5) is 71.3. The molecular weight excluding hydrogens is 452 g/mol. The Hall–Kier alpha value is -3.26. The topological polar surface area (TPSA) is 257 Å². The number of carbonyl (C=O) groups excluding carboxylic acids is 4. The van der Waals surface area contributed by atoms with Crippen molar-refractivity contribution >= 4 is 35.6 Å². The van der Waals surface area contributed by atoms with Crippen molar-refractivity contribution < 1.29 is 39.0 Å². The van der Waals surface area contributed by atoms with Gasteiger partial charge in [0.15, 0.2) is 0 Å². The predicted molar refractivity (Wildman–Crippen MR) is 120 cm³/mol. The van der Waals surface area contributed by atoms with E-state index in [0.29, 0.717) is 25.8 Å². The van der Waals surface area contributed by atoms with Crippen LogP contribution < -0.4 is 33.2 Å². The molecule has 0 fully saturated rings. The van der Waals surface area contributed by atoms with Gasteiger partial charge in [0.1, 0.15) is 18.1 Å². The van der Waals surface area contributed by atoms with Gasteiger partial charge in [-0.1, -0.05) is 20.3 Å². The van der Waals surface area contributed by atoms with Crippen LogP contribution in [-0.4, -0.2) is 76.5 Å². The Morgan fingerprint density at radius 1 is 0.794 bits per heavy atom. The zero-order valence-corrected chi connectivity index (χ0v) is 19.4. The second kappa shape index (κ2) is 15.6. The number of nitrogens with one attached hydrogen (secondary N) is 3. The fraction of sp³-hybridized carbons (Fsp3) is 0.700. The van der Waals surface area contributed by atoms with Crippen molar-refractivity contribution in [3.63, 3.8) is 0 Å². The molecule has 0 rings (SSSR count). The largest absolute Gasteiger partial charge is 0.481 e. The molecule has 0 radical (unpaired) electrons. The molecular formula is C20H36N6O8. The maximum absolute atomic E-state index is 12.9. The van der Waals surface area contributed by atoms with E-state index >= 15 is 0 Å². The lowest BCUT2D eigenvalue weighted by atomic mass is 10.0. The minimum absolute atomic E-state index is 0.0557. The summed E-state index contributed by atoms with van der Waals surface area (Å²) in [7, 11) is 0. The van der Waals surface area contributed by atoms with Gasteiger partial charge in [0.2, 0.25) is 23.6 Å². The summed E-state index contributed by atoms with van der Waals surface area (Å²) >= 11 is 0. The SMILES string of the molecule is CC(C)CC(NC(=O)C(N)CCCCN)C(=O)NC(CC(N)=O)C(=O)NC(CC(=O)O)C(=O)O. The molecule has 0 bridgehead atoms. The second-order valence-corrected chi connectivity index (χ2v) is 8.31. The van der Waals surface area contributed by atoms with Crippen molar-refractivity contribution in [3.05, 3.63) is 0 Å². The number of amides is 4. The number of rotatable bonds is 17. The first kappa shape index (κ1) is 30.7. The summed E-state index contributed by atoms with van der Waals surface area (Å²) < 4.78 is 0. The number of hydrogen-bond acceptors (Lipinski definition) is 8. The van der Waals surface area contributed by atoms with Gasteiger partial charge < -0.3 is 43.4 Å². The highest BCUT2D eigenvalue weighted by molar-refractivity contribution is 5.96. The Balaban J connectivity index is 5.46. The van der Waals surface area contributed by atoms with E-state index in [9.17, 15) is 28.8 Å². The van der Waals surface area contributed by atoms with E-state index < -0.39 is 72.6 Å². The highest BCUT2D eigenvalue weighted by atomic mass is 16.4. The van der Waals surface area contributed by atoms with Crippen molar-refractivity contribution in [1.82, 2.24) is 16.0 Å². The Labute approximate surface area is 197 Å². The maximum atomic E-state index is 12.9. The first-order valence-electron chi connectivity index (χ1n) is 10.9. The lowest BCUT2D eigenvalue weighted by Gasteiger charge is -2.25. The fourth-order valence-electron chi connectivity index (χ4n) is 2.95. The fourth-order valence-corrected chi connectivity index (χ4v) is 2.95. The Kier molecular flexibility index (Phi) is 14.1. The predicted octanol–water partition coefficient (Wildman–Crippen LogP) is -2.62. The van der Waals surface area contributed by atoms with Gasteiger partial charge in [-0.2, -0.15) is 0 Å². The van der Waals surface area contributed by atoms with Gasteiger partial charge >= 0.3 is 11.9 Å². The quantitative estimate of drug-likeness (QED) is 0.0988. The highest BCUT2D eigenvalue weighted by Gasteiger charge is 2.32. The van der Waals surface area contributed by atoms with Crippen molar-refractivity contribution in [1.29, 1.82) is 0 Å². The van der Waals surface area contributed by atoms with Gasteiger partial charge in [-0.15, -0.1) is 0 Å². The third-order valence-electron chi connectivity index (χ3n) is 4.68. The molecule has 34 heavy (non-hydrogen) atoms. The van der Waals surface area contributed by atoms with E-state index in [1.807, 2.05) is 5.32 Å². The minimum Gasteiger partial charge on any atom is -0.481 e. The number of primary amides is 1. The molecule has 0 aliphatic rings. The first-order valence-corrected chi connectivity index (χ1v) is 10.9. The molecule has 0 heterocycles. The molecule has 11 N–H and O–H groups in total. The third-order valence-corrected chi connectivity index (χ3v) is 4.68. The van der Waals surface area contributed by atoms with E-state index in [4.69, 9.17) is 27.4 Å². The second-order valence-electron chi connectivity index (χ2n) is 8.31. The Bertz CT molecular complexity index is 745. The maximum Gasteiger partial charge on any atom is 0.326 e. The van der Waals surface area contributed by atoms with Gasteiger partial charge in [0.05, 0.1) is 18.9 Å². The van der Waals surface area contributed by atoms with Gasteiger partial charge in [0.25, 0.3) is 0 Å². The van der Waals surface area contributed by atoms with Crippen LogP contribution in [0.4, 0.5) is 0 Å². The van der Waals surface area contributed by atoms with Crippen LogP contribution in [0.1, 0.15) is 52.4 Å². The van der Waals surface area contributed by atoms with Crippen molar-refractivity contribution in [2.24, 2.45) is 23.1 Å². The zero-order valence-electron chi connectivity index (χ0n) is 19.4. The first-order chi connectivity index (χ1) is 15.8. The van der Waals surface area contributed by atoms with Crippen LogP contribution in [0.3, 0.4) is 0 Å². The van der Waals surface area contributed by atoms with E-state index in [-0.39, 0.29) is 12.3 Å². The van der Waals surface area contributed by atoms with Gasteiger partial charge in [-0.25, -0.2) is 4.79 Å². The third kappa shape index (κ3) is 12.7. The lowest BCUT2D eigenvalue weighted by Crippen LogP contribution is -2.58. The van der Waals surface area contributed by atoms with Crippen LogP contribution in [0.2, 0.25) is 0 Å². The average Bonchev–Trinajstić information content (AvgIpc) is 2.71. The molecule has 0 aromatic carbocycles. The molecule has 0 aromatic rings. The number of hydrogen-bond donors (Lipinski definition) is 8. The van der Waals surface area contributed by atoms with Crippen LogP contribution in [0, 0.1) is 5.92 Å². The number of carboxylic acids is 2. The van der Waals surface area contributed by atoms with Gasteiger partial charge in [-0.3, -0.25) is 24.0 Å². The summed E-state index contributed by atoms with van der Waals surface area (Å²) in [6.45, 7) is 4.04. The molecule has 0 saturated heterocycles. The van der Waals surface area contributed by atoms with Crippen LogP contribution in [0.15, 0.2) is 0 Å². The molecule has 0 saturated carbocycles. The smallest absolute Gasteiger partial charge is 0.326 e. The highest BCUT2D eigenvalue weighted by Crippen LogP contribution is 2.08. The molecule has 4 atom stereocenters. The van der Waals surface area contributed by atoms with E-state index in [0.717, 1.165) is 0 Å². The normalized spacial score (nSPS) is 14.4. The summed E-state index contributed by atoms with van der Waals surface area (Å²) in [5.41, 5.74) is 16.4. The summed E-state index contributed by atoms with van der Waals surface area (Å²) in [6, 6.07) is -5.38. The van der Waals surface area contributed by atoms with Crippen molar-refractivity contribution in [2.75, 3.05) is 6.54 Å². The number of aliphatic carboxylic acids is 2. The van der Waals surface area contributed by atoms with Crippen molar-refractivity contribution in [2.45, 2.75) is 76.5 Å². The zero-order chi connectivity index (χ0) is 26.4. The van der Waals surface area contributed by atoms with E-state index in [1.54, 1.807) is 13.8 Å². The number of unbranched alkanes of at least 4 members (excludes halogenated alkanes) is 1. The van der Waals surface area contributed by atoms with E-state index in [2.05, 4.69) is 10.6 Å². The van der Waals surface area contributed by atoms with Crippen LogP contribution in [-0.2, 0) is 28.8 Å². The molecule has 14 nitrogen and oxygen atoms in total. The summed E-state index contributed by atoms with van der Waals surface area (Å²) in [6.07, 6.45) is 0.221. The van der Waals surface area contributed by atoms with Gasteiger partial charge in [-0.05, 0) is 31.7 Å². The van der Waals surface area contributed by atoms with Crippen LogP contribution in [0.5, 0.6) is 0 Å². The number of carboxylic acid groups (broad SMARTS) is 2. The Morgan fingerprint density at radius 2 is 1.32 bits per heavy atom. The van der Waals surface area contributed by atoms with E-state index in [1.165, 1.54) is 0 Å².